The molecule has 0 radical (unpaired) electrons. The molecule has 1 unspecified atom stereocenters. The molecule has 0 amide bonds. The van der Waals surface area contributed by atoms with Gasteiger partial charge in [-0.25, -0.2) is 0 Å². The molecule has 1 fully saturated rings. The maximum Gasteiger partial charge on any atom is 0.127 e. The van der Waals surface area contributed by atoms with Crippen molar-refractivity contribution in [2.45, 2.75) is 18.9 Å². The maximum atomic E-state index is 8.77. The largest absolute Gasteiger partial charge is 0.492 e. The van der Waals surface area contributed by atoms with Crippen LogP contribution in [0.5, 0.6) is 17.2 Å². The van der Waals surface area contributed by atoms with Gasteiger partial charge in [-0.1, -0.05) is 0 Å². The molecule has 112 valence electrons. The van der Waals surface area contributed by atoms with Crippen LogP contribution in [0.3, 0.4) is 0 Å². The Morgan fingerprint density at radius 3 is 2.23 bits per heavy atom. The van der Waals surface area contributed by atoms with Crippen molar-refractivity contribution in [3.63, 3.8) is 0 Å². The van der Waals surface area contributed by atoms with Crippen molar-refractivity contribution in [1.82, 2.24) is 5.32 Å². The van der Waals surface area contributed by atoms with E-state index >= 15 is 0 Å². The summed E-state index contributed by atoms with van der Waals surface area (Å²) in [6.07, 6.45) is 2.41. The summed E-state index contributed by atoms with van der Waals surface area (Å²) in [7, 11) is 0. The normalized spacial score (nSPS) is 17.0. The van der Waals surface area contributed by atoms with Crippen LogP contribution in [0.1, 0.15) is 18.4 Å². The van der Waals surface area contributed by atoms with Crippen molar-refractivity contribution in [1.29, 1.82) is 5.26 Å². The second kappa shape index (κ2) is 6.97. The molecule has 2 aromatic carbocycles. The number of nitriles is 1. The topological polar surface area (TPSA) is 54.3 Å². The van der Waals surface area contributed by atoms with Gasteiger partial charge in [-0.15, -0.1) is 0 Å². The van der Waals surface area contributed by atoms with E-state index in [1.165, 1.54) is 12.8 Å². The zero-order valence-electron chi connectivity index (χ0n) is 12.3. The van der Waals surface area contributed by atoms with E-state index in [0.29, 0.717) is 24.0 Å². The molecule has 1 aliphatic heterocycles. The van der Waals surface area contributed by atoms with Crippen molar-refractivity contribution in [3.05, 3.63) is 54.1 Å². The molecule has 0 aliphatic carbocycles. The lowest BCUT2D eigenvalue weighted by Gasteiger charge is -2.12. The van der Waals surface area contributed by atoms with E-state index in [1.807, 2.05) is 24.3 Å². The van der Waals surface area contributed by atoms with Gasteiger partial charge in [-0.2, -0.15) is 5.26 Å². The van der Waals surface area contributed by atoms with E-state index in [-0.39, 0.29) is 0 Å². The first-order valence-corrected chi connectivity index (χ1v) is 7.48. The number of benzene rings is 2. The van der Waals surface area contributed by atoms with Gasteiger partial charge in [0.2, 0.25) is 0 Å². The lowest BCUT2D eigenvalue weighted by molar-refractivity contribution is 0.277. The second-order valence-electron chi connectivity index (χ2n) is 5.31. The smallest absolute Gasteiger partial charge is 0.127 e. The fraction of sp³-hybridized carbons (Fsp3) is 0.278. The van der Waals surface area contributed by atoms with Crippen molar-refractivity contribution >= 4 is 0 Å². The monoisotopic (exact) mass is 294 g/mol. The van der Waals surface area contributed by atoms with Crippen molar-refractivity contribution in [3.8, 4) is 23.3 Å². The average Bonchev–Trinajstić information content (AvgIpc) is 3.08. The van der Waals surface area contributed by atoms with Crippen LogP contribution in [0.25, 0.3) is 0 Å². The molecular weight excluding hydrogens is 276 g/mol. The number of rotatable bonds is 5. The van der Waals surface area contributed by atoms with Gasteiger partial charge in [0.15, 0.2) is 0 Å². The molecule has 22 heavy (non-hydrogen) atoms. The third-order valence-corrected chi connectivity index (χ3v) is 3.66. The van der Waals surface area contributed by atoms with Crippen LogP contribution in [0.2, 0.25) is 0 Å². The Kier molecular flexibility index (Phi) is 4.57. The van der Waals surface area contributed by atoms with Crippen LogP contribution in [-0.4, -0.2) is 19.2 Å². The van der Waals surface area contributed by atoms with Crippen molar-refractivity contribution in [2.75, 3.05) is 13.2 Å². The summed E-state index contributed by atoms with van der Waals surface area (Å²) in [6.45, 7) is 1.79. The molecule has 2 aromatic rings. The number of ether oxygens (including phenoxy) is 2. The lowest BCUT2D eigenvalue weighted by atomic mass is 10.2. The van der Waals surface area contributed by atoms with Crippen molar-refractivity contribution < 1.29 is 9.47 Å². The third-order valence-electron chi connectivity index (χ3n) is 3.66. The highest BCUT2D eigenvalue weighted by atomic mass is 16.5. The van der Waals surface area contributed by atoms with Crippen LogP contribution < -0.4 is 14.8 Å². The zero-order valence-corrected chi connectivity index (χ0v) is 12.3. The Balaban J connectivity index is 1.55. The van der Waals surface area contributed by atoms with E-state index in [0.717, 1.165) is 18.0 Å². The first kappa shape index (κ1) is 14.4. The van der Waals surface area contributed by atoms with Crippen LogP contribution in [0, 0.1) is 11.3 Å². The summed E-state index contributed by atoms with van der Waals surface area (Å²) in [4.78, 5) is 0. The van der Waals surface area contributed by atoms with Gasteiger partial charge < -0.3 is 14.8 Å². The SMILES string of the molecule is N#Cc1ccc(Oc2ccc(OCC3CCCN3)cc2)cc1. The predicted molar refractivity (Wildman–Crippen MR) is 84.2 cm³/mol. The third kappa shape index (κ3) is 3.78. The Bertz CT molecular complexity index is 638. The van der Waals surface area contributed by atoms with Gasteiger partial charge in [0, 0.05) is 6.04 Å². The Morgan fingerprint density at radius 2 is 1.64 bits per heavy atom. The molecule has 4 nitrogen and oxygen atoms in total. The lowest BCUT2D eigenvalue weighted by Crippen LogP contribution is -2.28. The molecular formula is C18H18N2O2. The van der Waals surface area contributed by atoms with Crippen LogP contribution in [-0.2, 0) is 0 Å². The fourth-order valence-corrected chi connectivity index (χ4v) is 2.43. The minimum Gasteiger partial charge on any atom is -0.492 e. The average molecular weight is 294 g/mol. The van der Waals surface area contributed by atoms with E-state index in [1.54, 1.807) is 24.3 Å². The standard InChI is InChI=1S/C18H18N2O2/c19-12-14-3-5-17(6-4-14)22-18-9-7-16(8-10-18)21-13-15-2-1-11-20-15/h3-10,15,20H,1-2,11,13H2. The molecule has 0 bridgehead atoms. The molecule has 1 N–H and O–H groups in total. The molecule has 1 aliphatic rings. The molecule has 0 spiro atoms. The number of nitrogens with one attached hydrogen (secondary N) is 1. The van der Waals surface area contributed by atoms with Gasteiger partial charge in [0.25, 0.3) is 0 Å². The van der Waals surface area contributed by atoms with Gasteiger partial charge in [0.05, 0.1) is 11.6 Å². The molecule has 3 rings (SSSR count). The first-order chi connectivity index (χ1) is 10.8. The Hall–Kier alpha value is -2.51. The highest BCUT2D eigenvalue weighted by Gasteiger charge is 2.14. The summed E-state index contributed by atoms with van der Waals surface area (Å²) in [6, 6.07) is 17.2. The summed E-state index contributed by atoms with van der Waals surface area (Å²) >= 11 is 0. The maximum absolute atomic E-state index is 8.77. The quantitative estimate of drug-likeness (QED) is 0.917. The number of hydrogen-bond acceptors (Lipinski definition) is 4. The van der Waals surface area contributed by atoms with Crippen LogP contribution in [0.15, 0.2) is 48.5 Å². The molecule has 4 heteroatoms. The van der Waals surface area contributed by atoms with E-state index < -0.39 is 0 Å². The predicted octanol–water partition coefficient (Wildman–Crippen LogP) is 3.48. The highest BCUT2D eigenvalue weighted by Crippen LogP contribution is 2.24. The summed E-state index contributed by atoms with van der Waals surface area (Å²) in [5.41, 5.74) is 0.622. The zero-order chi connectivity index (χ0) is 15.2. The highest BCUT2D eigenvalue weighted by molar-refractivity contribution is 5.38. The van der Waals surface area contributed by atoms with Crippen molar-refractivity contribution in [2.24, 2.45) is 0 Å². The van der Waals surface area contributed by atoms with Gasteiger partial charge in [-0.3, -0.25) is 0 Å². The summed E-state index contributed by atoms with van der Waals surface area (Å²) < 4.78 is 11.5. The molecule has 0 aromatic heterocycles. The first-order valence-electron chi connectivity index (χ1n) is 7.48. The molecule has 0 saturated carbocycles. The number of hydrogen-bond donors (Lipinski definition) is 1. The van der Waals surface area contributed by atoms with E-state index in [9.17, 15) is 0 Å². The number of nitrogens with zero attached hydrogens (tertiary/aromatic N) is 1. The Morgan fingerprint density at radius 1 is 1.00 bits per heavy atom. The Labute approximate surface area is 130 Å². The van der Waals surface area contributed by atoms with E-state index in [4.69, 9.17) is 14.7 Å². The van der Waals surface area contributed by atoms with Crippen LogP contribution in [0.4, 0.5) is 0 Å². The fourth-order valence-electron chi connectivity index (χ4n) is 2.43. The second-order valence-corrected chi connectivity index (χ2v) is 5.31. The van der Waals surface area contributed by atoms with Gasteiger partial charge in [-0.05, 0) is 67.9 Å². The summed E-state index contributed by atoms with van der Waals surface area (Å²) in [5.74, 6) is 2.31. The van der Waals surface area contributed by atoms with Gasteiger partial charge in [0.1, 0.15) is 23.9 Å². The van der Waals surface area contributed by atoms with E-state index in [2.05, 4.69) is 11.4 Å². The molecule has 1 atom stereocenters. The minimum absolute atomic E-state index is 0.467. The molecule has 1 heterocycles. The van der Waals surface area contributed by atoms with Gasteiger partial charge >= 0.3 is 0 Å². The minimum atomic E-state index is 0.467. The molecule has 1 saturated heterocycles. The van der Waals surface area contributed by atoms with Crippen LogP contribution >= 0.6 is 0 Å². The summed E-state index contributed by atoms with van der Waals surface area (Å²) in [5, 5.41) is 12.2.